The number of carbonyl (C=O) groups excluding carboxylic acids is 2. The lowest BCUT2D eigenvalue weighted by atomic mass is 9.93. The molecule has 26 heavy (non-hydrogen) atoms. The molecule has 0 bridgehead atoms. The Hall–Kier alpha value is -2.05. The van der Waals surface area contributed by atoms with Crippen molar-refractivity contribution in [2.75, 3.05) is 26.2 Å². The summed E-state index contributed by atoms with van der Waals surface area (Å²) in [4.78, 5) is 28.5. The lowest BCUT2D eigenvalue weighted by molar-refractivity contribution is -0.138. The molecular formula is C19H23F3N2O2. The smallest absolute Gasteiger partial charge is 0.342 e. The van der Waals surface area contributed by atoms with Gasteiger partial charge in [-0.15, -0.1) is 0 Å². The molecule has 2 heterocycles. The third-order valence-electron chi connectivity index (χ3n) is 5.26. The lowest BCUT2D eigenvalue weighted by Gasteiger charge is -2.35. The minimum Gasteiger partial charge on any atom is -0.342 e. The maximum absolute atomic E-state index is 13.1. The van der Waals surface area contributed by atoms with Gasteiger partial charge in [0, 0.05) is 32.1 Å². The number of amides is 2. The Labute approximate surface area is 151 Å². The first-order valence-electron chi connectivity index (χ1n) is 9.12. The van der Waals surface area contributed by atoms with Gasteiger partial charge in [-0.2, -0.15) is 13.2 Å². The van der Waals surface area contributed by atoms with Crippen LogP contribution in [0.3, 0.4) is 0 Å². The van der Waals surface area contributed by atoms with Crippen LogP contribution >= 0.6 is 0 Å². The highest BCUT2D eigenvalue weighted by atomic mass is 19.4. The van der Waals surface area contributed by atoms with Gasteiger partial charge in [0.1, 0.15) is 0 Å². The number of nitrogens with zero attached hydrogens (tertiary/aromatic N) is 2. The van der Waals surface area contributed by atoms with Crippen molar-refractivity contribution >= 4 is 11.8 Å². The molecule has 0 aliphatic carbocycles. The molecule has 3 rings (SSSR count). The van der Waals surface area contributed by atoms with E-state index in [4.69, 9.17) is 0 Å². The number of benzene rings is 1. The van der Waals surface area contributed by atoms with Crippen molar-refractivity contribution in [2.24, 2.45) is 5.92 Å². The summed E-state index contributed by atoms with van der Waals surface area (Å²) in [7, 11) is 0. The van der Waals surface area contributed by atoms with Crippen LogP contribution in [0.15, 0.2) is 24.3 Å². The van der Waals surface area contributed by atoms with Gasteiger partial charge in [-0.25, -0.2) is 0 Å². The largest absolute Gasteiger partial charge is 0.417 e. The van der Waals surface area contributed by atoms with Crippen LogP contribution in [0.5, 0.6) is 0 Å². The Kier molecular flexibility index (Phi) is 5.53. The van der Waals surface area contributed by atoms with Gasteiger partial charge in [-0.05, 0) is 44.2 Å². The molecule has 1 aromatic rings. The SMILES string of the molecule is O=C(c1ccccc1C(F)(F)F)N1CCC(C(=O)N2CCCCC2)CC1. The number of halogens is 3. The Morgan fingerprint density at radius 1 is 0.885 bits per heavy atom. The molecule has 7 heteroatoms. The van der Waals surface area contributed by atoms with Crippen LogP contribution in [0.4, 0.5) is 13.2 Å². The Balaban J connectivity index is 1.63. The van der Waals surface area contributed by atoms with Crippen molar-refractivity contribution in [3.8, 4) is 0 Å². The van der Waals surface area contributed by atoms with Crippen molar-refractivity contribution in [1.29, 1.82) is 0 Å². The van der Waals surface area contributed by atoms with Crippen LogP contribution in [0, 0.1) is 5.92 Å². The first-order chi connectivity index (χ1) is 12.4. The highest BCUT2D eigenvalue weighted by Crippen LogP contribution is 2.33. The molecule has 2 saturated heterocycles. The van der Waals surface area contributed by atoms with Gasteiger partial charge in [0.2, 0.25) is 5.91 Å². The standard InChI is InChI=1S/C19H23F3N2O2/c20-19(21,22)16-7-3-2-6-15(16)18(26)24-12-8-14(9-13-24)17(25)23-10-4-1-5-11-23/h2-3,6-7,14H,1,4-5,8-13H2. The van der Waals surface area contributed by atoms with E-state index >= 15 is 0 Å². The topological polar surface area (TPSA) is 40.6 Å². The van der Waals surface area contributed by atoms with E-state index in [0.717, 1.165) is 38.4 Å². The summed E-state index contributed by atoms with van der Waals surface area (Å²) >= 11 is 0. The predicted molar refractivity (Wildman–Crippen MR) is 90.5 cm³/mol. The highest BCUT2D eigenvalue weighted by molar-refractivity contribution is 5.96. The van der Waals surface area contributed by atoms with E-state index in [1.165, 1.54) is 23.1 Å². The number of hydrogen-bond acceptors (Lipinski definition) is 2. The fourth-order valence-corrected chi connectivity index (χ4v) is 3.79. The second-order valence-electron chi connectivity index (χ2n) is 7.00. The van der Waals surface area contributed by atoms with Gasteiger partial charge in [0.05, 0.1) is 11.1 Å². The van der Waals surface area contributed by atoms with E-state index in [9.17, 15) is 22.8 Å². The van der Waals surface area contributed by atoms with Crippen LogP contribution < -0.4 is 0 Å². The third kappa shape index (κ3) is 4.02. The number of piperidine rings is 2. The average Bonchev–Trinajstić information content (AvgIpc) is 2.67. The van der Waals surface area contributed by atoms with Crippen LogP contribution in [0.25, 0.3) is 0 Å². The third-order valence-corrected chi connectivity index (χ3v) is 5.26. The summed E-state index contributed by atoms with van der Waals surface area (Å²) in [5, 5.41) is 0. The van der Waals surface area contributed by atoms with Crippen molar-refractivity contribution < 1.29 is 22.8 Å². The molecule has 0 spiro atoms. The fourth-order valence-electron chi connectivity index (χ4n) is 3.79. The first kappa shape index (κ1) is 18.7. The maximum Gasteiger partial charge on any atom is 0.417 e. The normalized spacial score (nSPS) is 19.5. The highest BCUT2D eigenvalue weighted by Gasteiger charge is 2.37. The molecular weight excluding hydrogens is 345 g/mol. The Morgan fingerprint density at radius 3 is 2.12 bits per heavy atom. The van der Waals surface area contributed by atoms with Gasteiger partial charge < -0.3 is 9.80 Å². The molecule has 0 atom stereocenters. The number of rotatable bonds is 2. The van der Waals surface area contributed by atoms with E-state index in [0.29, 0.717) is 25.9 Å². The van der Waals surface area contributed by atoms with E-state index in [2.05, 4.69) is 0 Å². The molecule has 2 aliphatic heterocycles. The molecule has 2 amide bonds. The zero-order chi connectivity index (χ0) is 18.7. The van der Waals surface area contributed by atoms with Gasteiger partial charge in [-0.3, -0.25) is 9.59 Å². The molecule has 142 valence electrons. The number of alkyl halides is 3. The average molecular weight is 368 g/mol. The molecule has 0 N–H and O–H groups in total. The summed E-state index contributed by atoms with van der Waals surface area (Å²) in [5.74, 6) is -0.607. The summed E-state index contributed by atoms with van der Waals surface area (Å²) in [5.41, 5.74) is -1.22. The zero-order valence-corrected chi connectivity index (χ0v) is 14.6. The van der Waals surface area contributed by atoms with E-state index in [1.807, 2.05) is 4.90 Å². The summed E-state index contributed by atoms with van der Waals surface area (Å²) < 4.78 is 39.4. The van der Waals surface area contributed by atoms with Crippen LogP contribution in [-0.2, 0) is 11.0 Å². The van der Waals surface area contributed by atoms with Crippen molar-refractivity contribution in [3.05, 3.63) is 35.4 Å². The van der Waals surface area contributed by atoms with Crippen LogP contribution in [0.1, 0.15) is 48.0 Å². The fraction of sp³-hybridized carbons (Fsp3) is 0.579. The minimum absolute atomic E-state index is 0.130. The molecule has 2 fully saturated rings. The summed E-state index contributed by atoms with van der Waals surface area (Å²) in [6.07, 6.45) is -0.344. The Bertz CT molecular complexity index is 661. The minimum atomic E-state index is -4.56. The summed E-state index contributed by atoms with van der Waals surface area (Å²) in [6.45, 7) is 2.21. The predicted octanol–water partition coefficient (Wildman–Crippen LogP) is 3.57. The van der Waals surface area contributed by atoms with E-state index < -0.39 is 17.6 Å². The number of likely N-dealkylation sites (tertiary alicyclic amines) is 2. The van der Waals surface area contributed by atoms with Gasteiger partial charge in [-0.1, -0.05) is 12.1 Å². The maximum atomic E-state index is 13.1. The quantitative estimate of drug-likeness (QED) is 0.801. The van der Waals surface area contributed by atoms with Gasteiger partial charge >= 0.3 is 6.18 Å². The molecule has 0 saturated carbocycles. The zero-order valence-electron chi connectivity index (χ0n) is 14.6. The molecule has 2 aliphatic rings. The number of carbonyl (C=O) groups is 2. The molecule has 4 nitrogen and oxygen atoms in total. The van der Waals surface area contributed by atoms with E-state index in [1.54, 1.807) is 0 Å². The van der Waals surface area contributed by atoms with Crippen LogP contribution in [0.2, 0.25) is 0 Å². The molecule has 0 aromatic heterocycles. The van der Waals surface area contributed by atoms with Crippen LogP contribution in [-0.4, -0.2) is 47.8 Å². The number of hydrogen-bond donors (Lipinski definition) is 0. The molecule has 0 radical (unpaired) electrons. The second-order valence-corrected chi connectivity index (χ2v) is 7.00. The van der Waals surface area contributed by atoms with E-state index in [-0.39, 0.29) is 17.4 Å². The summed E-state index contributed by atoms with van der Waals surface area (Å²) in [6, 6.07) is 4.87. The first-order valence-corrected chi connectivity index (χ1v) is 9.12. The second kappa shape index (κ2) is 7.68. The van der Waals surface area contributed by atoms with Crippen molar-refractivity contribution in [3.63, 3.8) is 0 Å². The Morgan fingerprint density at radius 2 is 1.50 bits per heavy atom. The van der Waals surface area contributed by atoms with Crippen molar-refractivity contribution in [1.82, 2.24) is 9.80 Å². The van der Waals surface area contributed by atoms with Gasteiger partial charge in [0.15, 0.2) is 0 Å². The van der Waals surface area contributed by atoms with Crippen molar-refractivity contribution in [2.45, 2.75) is 38.3 Å². The lowest BCUT2D eigenvalue weighted by Crippen LogP contribution is -2.46. The van der Waals surface area contributed by atoms with Gasteiger partial charge in [0.25, 0.3) is 5.91 Å². The molecule has 0 unspecified atom stereocenters. The monoisotopic (exact) mass is 368 g/mol. The molecule has 1 aromatic carbocycles.